The summed E-state index contributed by atoms with van der Waals surface area (Å²) in [6, 6.07) is 38.7. The van der Waals surface area contributed by atoms with Crippen molar-refractivity contribution in [2.24, 2.45) is 0 Å². The van der Waals surface area contributed by atoms with Crippen LogP contribution >= 0.6 is 0 Å². The van der Waals surface area contributed by atoms with E-state index in [-0.39, 0.29) is 0 Å². The summed E-state index contributed by atoms with van der Waals surface area (Å²) < 4.78 is 6.18. The van der Waals surface area contributed by atoms with Crippen LogP contribution in [0.3, 0.4) is 0 Å². The number of hydrogen-bond donors (Lipinski definition) is 0. The molecule has 3 aromatic heterocycles. The Morgan fingerprint density at radius 3 is 1.92 bits per heavy atom. The van der Waals surface area contributed by atoms with Crippen LogP contribution in [0.2, 0.25) is 0 Å². The van der Waals surface area contributed by atoms with Crippen molar-refractivity contribution >= 4 is 43.6 Å². The third-order valence-electron chi connectivity index (χ3n) is 7.18. The first kappa shape index (κ1) is 21.6. The van der Waals surface area contributed by atoms with Crippen molar-refractivity contribution in [1.82, 2.24) is 19.9 Å². The number of pyridine rings is 1. The highest BCUT2D eigenvalue weighted by Crippen LogP contribution is 2.37. The molecule has 39 heavy (non-hydrogen) atoms. The molecule has 5 aromatic carbocycles. The highest BCUT2D eigenvalue weighted by molar-refractivity contribution is 6.12. The number of hydrogen-bond acceptors (Lipinski definition) is 5. The fraction of sp³-hybridized carbons (Fsp3) is 0. The molecule has 0 unspecified atom stereocenters. The Kier molecular flexibility index (Phi) is 4.76. The Balaban J connectivity index is 1.47. The van der Waals surface area contributed by atoms with Crippen molar-refractivity contribution in [3.63, 3.8) is 0 Å². The van der Waals surface area contributed by atoms with Crippen LogP contribution in [-0.2, 0) is 0 Å². The van der Waals surface area contributed by atoms with E-state index in [0.717, 1.165) is 60.3 Å². The summed E-state index contributed by atoms with van der Waals surface area (Å²) in [5.41, 5.74) is 5.21. The van der Waals surface area contributed by atoms with Crippen LogP contribution in [0.5, 0.6) is 0 Å². The molecule has 8 aromatic rings. The molecule has 5 nitrogen and oxygen atoms in total. The minimum atomic E-state index is 0.581. The van der Waals surface area contributed by atoms with Gasteiger partial charge in [-0.1, -0.05) is 91.0 Å². The van der Waals surface area contributed by atoms with Gasteiger partial charge in [-0.2, -0.15) is 0 Å². The number of aromatic nitrogens is 4. The average molecular weight is 501 g/mol. The Bertz CT molecular complexity index is 2090. The average Bonchev–Trinajstić information content (AvgIpc) is 3.39. The van der Waals surface area contributed by atoms with E-state index in [1.165, 1.54) is 0 Å². The Morgan fingerprint density at radius 2 is 1.03 bits per heavy atom. The molecule has 0 spiro atoms. The lowest BCUT2D eigenvalue weighted by molar-refractivity contribution is 0.669. The maximum atomic E-state index is 6.18. The van der Waals surface area contributed by atoms with Gasteiger partial charge in [0.05, 0.1) is 5.52 Å². The maximum Gasteiger partial charge on any atom is 0.166 e. The van der Waals surface area contributed by atoms with Crippen LogP contribution in [0.1, 0.15) is 0 Å². The third kappa shape index (κ3) is 3.48. The minimum absolute atomic E-state index is 0.581. The van der Waals surface area contributed by atoms with E-state index in [1.54, 1.807) is 6.20 Å². The number of fused-ring (bicyclic) bond motifs is 5. The third-order valence-corrected chi connectivity index (χ3v) is 7.18. The highest BCUT2D eigenvalue weighted by Gasteiger charge is 2.19. The van der Waals surface area contributed by atoms with Crippen LogP contribution in [0.4, 0.5) is 0 Å². The molecule has 0 fully saturated rings. The van der Waals surface area contributed by atoms with Crippen molar-refractivity contribution in [2.75, 3.05) is 0 Å². The number of benzene rings is 5. The molecule has 0 radical (unpaired) electrons. The van der Waals surface area contributed by atoms with E-state index in [4.69, 9.17) is 19.4 Å². The monoisotopic (exact) mass is 500 g/mol. The summed E-state index contributed by atoms with van der Waals surface area (Å²) in [5, 5.41) is 5.28. The Hall–Kier alpha value is -5.42. The number of nitrogens with zero attached hydrogens (tertiary/aromatic N) is 4. The zero-order valence-corrected chi connectivity index (χ0v) is 20.7. The van der Waals surface area contributed by atoms with Crippen LogP contribution < -0.4 is 0 Å². The fourth-order valence-electron chi connectivity index (χ4n) is 5.40. The predicted molar refractivity (Wildman–Crippen MR) is 156 cm³/mol. The van der Waals surface area contributed by atoms with Gasteiger partial charge in [0.1, 0.15) is 11.2 Å². The Labute approximate surface area is 223 Å². The van der Waals surface area contributed by atoms with Gasteiger partial charge in [-0.15, -0.1) is 0 Å². The van der Waals surface area contributed by atoms with Crippen molar-refractivity contribution in [1.29, 1.82) is 0 Å². The predicted octanol–water partition coefficient (Wildman–Crippen LogP) is 8.47. The van der Waals surface area contributed by atoms with Crippen molar-refractivity contribution < 1.29 is 4.42 Å². The molecule has 0 saturated carbocycles. The molecule has 8 rings (SSSR count). The molecule has 0 N–H and O–H groups in total. The smallest absolute Gasteiger partial charge is 0.166 e. The van der Waals surface area contributed by atoms with Crippen molar-refractivity contribution in [3.05, 3.63) is 121 Å². The molecular formula is C34H20N4O. The molecule has 3 heterocycles. The topological polar surface area (TPSA) is 64.7 Å². The molecule has 0 saturated heterocycles. The van der Waals surface area contributed by atoms with Crippen LogP contribution in [0.15, 0.2) is 126 Å². The number of furan rings is 1. The van der Waals surface area contributed by atoms with E-state index in [0.29, 0.717) is 17.5 Å². The van der Waals surface area contributed by atoms with E-state index < -0.39 is 0 Å². The van der Waals surface area contributed by atoms with Gasteiger partial charge in [-0.25, -0.2) is 15.0 Å². The van der Waals surface area contributed by atoms with E-state index in [2.05, 4.69) is 53.5 Å². The summed E-state index contributed by atoms with van der Waals surface area (Å²) in [6.07, 6.45) is 1.80. The first-order chi connectivity index (χ1) is 19.3. The summed E-state index contributed by atoms with van der Waals surface area (Å²) in [5.74, 6) is 1.79. The lowest BCUT2D eigenvalue weighted by atomic mass is 10.0. The molecule has 0 aliphatic heterocycles. The second kappa shape index (κ2) is 8.57. The largest absolute Gasteiger partial charge is 0.456 e. The summed E-state index contributed by atoms with van der Waals surface area (Å²) >= 11 is 0. The van der Waals surface area contributed by atoms with Crippen LogP contribution in [-0.4, -0.2) is 19.9 Å². The zero-order chi connectivity index (χ0) is 25.8. The van der Waals surface area contributed by atoms with Gasteiger partial charge < -0.3 is 4.42 Å². The fourth-order valence-corrected chi connectivity index (χ4v) is 5.40. The molecule has 0 aliphatic rings. The molecule has 5 heteroatoms. The van der Waals surface area contributed by atoms with E-state index >= 15 is 0 Å². The SMILES string of the molecule is c1ccc2c(-c3nc(-c4cccc5cccnc45)nc(-c4cccc5oc6ccccc6c45)n3)cccc2c1. The van der Waals surface area contributed by atoms with E-state index in [9.17, 15) is 0 Å². The second-order valence-corrected chi connectivity index (χ2v) is 9.49. The standard InChI is InChI=1S/C34H20N4O/c1-2-13-23-21(9-1)10-5-15-24(23)32-36-33(26-16-7-19-29-30(26)25-14-3-4-18-28(25)39-29)38-34(37-32)27-17-6-11-22-12-8-20-35-31(22)27/h1-20H. The van der Waals surface area contributed by atoms with Gasteiger partial charge in [0.25, 0.3) is 0 Å². The molecule has 0 amide bonds. The van der Waals surface area contributed by atoms with Crippen LogP contribution in [0.25, 0.3) is 77.8 Å². The molecule has 0 atom stereocenters. The second-order valence-electron chi connectivity index (χ2n) is 9.49. The molecule has 182 valence electrons. The lowest BCUT2D eigenvalue weighted by Gasteiger charge is -2.11. The van der Waals surface area contributed by atoms with Crippen molar-refractivity contribution in [3.8, 4) is 34.2 Å². The van der Waals surface area contributed by atoms with Gasteiger partial charge in [-0.05, 0) is 35.0 Å². The molecule has 0 aliphatic carbocycles. The zero-order valence-electron chi connectivity index (χ0n) is 20.7. The van der Waals surface area contributed by atoms with Gasteiger partial charge in [0, 0.05) is 39.0 Å². The molecular weight excluding hydrogens is 480 g/mol. The quantitative estimate of drug-likeness (QED) is 0.243. The number of para-hydroxylation sites is 2. The normalized spacial score (nSPS) is 11.6. The van der Waals surface area contributed by atoms with Crippen molar-refractivity contribution in [2.45, 2.75) is 0 Å². The highest BCUT2D eigenvalue weighted by atomic mass is 16.3. The first-order valence-electron chi connectivity index (χ1n) is 12.8. The summed E-state index contributed by atoms with van der Waals surface area (Å²) in [6.45, 7) is 0. The maximum absolute atomic E-state index is 6.18. The van der Waals surface area contributed by atoms with Gasteiger partial charge in [-0.3, -0.25) is 4.98 Å². The van der Waals surface area contributed by atoms with Gasteiger partial charge in [0.15, 0.2) is 17.5 Å². The summed E-state index contributed by atoms with van der Waals surface area (Å²) in [7, 11) is 0. The van der Waals surface area contributed by atoms with Gasteiger partial charge in [0.2, 0.25) is 0 Å². The van der Waals surface area contributed by atoms with Gasteiger partial charge >= 0.3 is 0 Å². The summed E-state index contributed by atoms with van der Waals surface area (Å²) in [4.78, 5) is 19.9. The lowest BCUT2D eigenvalue weighted by Crippen LogP contribution is -2.01. The minimum Gasteiger partial charge on any atom is -0.456 e. The number of rotatable bonds is 3. The van der Waals surface area contributed by atoms with E-state index in [1.807, 2.05) is 66.7 Å². The van der Waals surface area contributed by atoms with Crippen LogP contribution in [0, 0.1) is 0 Å². The molecule has 0 bridgehead atoms. The Morgan fingerprint density at radius 1 is 0.436 bits per heavy atom. The first-order valence-corrected chi connectivity index (χ1v) is 12.8.